The third-order valence-corrected chi connectivity index (χ3v) is 3.15. The lowest BCUT2D eigenvalue weighted by Crippen LogP contribution is -2.44. The molecule has 0 saturated heterocycles. The number of hydrogen-bond donors (Lipinski definition) is 1. The van der Waals surface area contributed by atoms with Crippen LogP contribution in [0.3, 0.4) is 0 Å². The molecular formula is C15H23ClFNO2. The summed E-state index contributed by atoms with van der Waals surface area (Å²) in [5.41, 5.74) is 0.602. The fraction of sp³-hybridized carbons (Fsp3) is 0.600. The van der Waals surface area contributed by atoms with Gasteiger partial charge in [-0.25, -0.2) is 4.39 Å². The van der Waals surface area contributed by atoms with Gasteiger partial charge in [0.2, 0.25) is 0 Å². The molecule has 0 spiro atoms. The fourth-order valence-corrected chi connectivity index (χ4v) is 2.22. The lowest BCUT2D eigenvalue weighted by atomic mass is 10.0. The van der Waals surface area contributed by atoms with Gasteiger partial charge in [-0.2, -0.15) is 0 Å². The lowest BCUT2D eigenvalue weighted by Gasteiger charge is -2.27. The van der Waals surface area contributed by atoms with Gasteiger partial charge in [-0.3, -0.25) is 0 Å². The Balaban J connectivity index is 2.83. The SMILES string of the molecule is CCNC(Cc1ccc(Cl)cc1F)C(OCC)OCC. The molecule has 0 fully saturated rings. The van der Waals surface area contributed by atoms with Gasteiger partial charge in [0.05, 0.1) is 6.04 Å². The van der Waals surface area contributed by atoms with Gasteiger partial charge < -0.3 is 14.8 Å². The van der Waals surface area contributed by atoms with Crippen molar-refractivity contribution in [2.45, 2.75) is 39.5 Å². The van der Waals surface area contributed by atoms with Crippen LogP contribution in [0.2, 0.25) is 5.02 Å². The number of nitrogens with one attached hydrogen (secondary N) is 1. The number of hydrogen-bond acceptors (Lipinski definition) is 3. The minimum Gasteiger partial charge on any atom is -0.351 e. The number of rotatable bonds is 9. The molecule has 0 heterocycles. The second-order valence-electron chi connectivity index (χ2n) is 4.38. The quantitative estimate of drug-likeness (QED) is 0.709. The molecular weight excluding hydrogens is 281 g/mol. The van der Waals surface area contributed by atoms with Gasteiger partial charge in [0, 0.05) is 18.2 Å². The summed E-state index contributed by atoms with van der Waals surface area (Å²) in [5.74, 6) is -0.299. The Bertz CT molecular complexity index is 397. The molecule has 1 atom stereocenters. The number of ether oxygens (including phenoxy) is 2. The molecule has 1 aromatic rings. The Morgan fingerprint density at radius 3 is 2.35 bits per heavy atom. The highest BCUT2D eigenvalue weighted by Crippen LogP contribution is 2.18. The minimum atomic E-state index is -0.389. The molecule has 1 unspecified atom stereocenters. The number of likely N-dealkylation sites (N-methyl/N-ethyl adjacent to an activating group) is 1. The zero-order valence-electron chi connectivity index (χ0n) is 12.3. The first-order valence-corrected chi connectivity index (χ1v) is 7.40. The van der Waals surface area contributed by atoms with E-state index in [1.807, 2.05) is 20.8 Å². The smallest absolute Gasteiger partial charge is 0.172 e. The average Bonchev–Trinajstić information content (AvgIpc) is 2.41. The van der Waals surface area contributed by atoms with E-state index in [-0.39, 0.29) is 18.1 Å². The van der Waals surface area contributed by atoms with Crippen LogP contribution in [0, 0.1) is 5.82 Å². The maximum atomic E-state index is 13.9. The molecule has 0 aromatic heterocycles. The van der Waals surface area contributed by atoms with Crippen LogP contribution in [-0.4, -0.2) is 32.1 Å². The lowest BCUT2D eigenvalue weighted by molar-refractivity contribution is -0.153. The van der Waals surface area contributed by atoms with Crippen LogP contribution < -0.4 is 5.32 Å². The van der Waals surface area contributed by atoms with Crippen LogP contribution in [0.15, 0.2) is 18.2 Å². The fourth-order valence-electron chi connectivity index (χ4n) is 2.06. The van der Waals surface area contributed by atoms with Gasteiger partial charge in [0.1, 0.15) is 5.82 Å². The molecule has 0 aliphatic heterocycles. The summed E-state index contributed by atoms with van der Waals surface area (Å²) in [4.78, 5) is 0. The summed E-state index contributed by atoms with van der Waals surface area (Å²) in [7, 11) is 0. The van der Waals surface area contributed by atoms with E-state index in [0.29, 0.717) is 30.2 Å². The molecule has 3 nitrogen and oxygen atoms in total. The van der Waals surface area contributed by atoms with Crippen molar-refractivity contribution < 1.29 is 13.9 Å². The third-order valence-electron chi connectivity index (χ3n) is 2.91. The van der Waals surface area contributed by atoms with Gasteiger partial charge in [0.15, 0.2) is 6.29 Å². The van der Waals surface area contributed by atoms with Gasteiger partial charge in [-0.15, -0.1) is 0 Å². The Hall–Kier alpha value is -0.680. The molecule has 0 aliphatic carbocycles. The first kappa shape index (κ1) is 17.4. The maximum Gasteiger partial charge on any atom is 0.172 e. The first-order valence-electron chi connectivity index (χ1n) is 7.02. The molecule has 0 radical (unpaired) electrons. The summed E-state index contributed by atoms with van der Waals surface area (Å²) in [6, 6.07) is 4.63. The second-order valence-corrected chi connectivity index (χ2v) is 4.82. The average molecular weight is 304 g/mol. The van der Waals surface area contributed by atoms with E-state index in [4.69, 9.17) is 21.1 Å². The summed E-state index contributed by atoms with van der Waals surface area (Å²) in [6.07, 6.45) is 0.0987. The van der Waals surface area contributed by atoms with Crippen LogP contribution in [0.25, 0.3) is 0 Å². The van der Waals surface area contributed by atoms with Crippen LogP contribution in [0.1, 0.15) is 26.3 Å². The van der Waals surface area contributed by atoms with Gasteiger partial charge in [-0.05, 0) is 44.5 Å². The van der Waals surface area contributed by atoms with Crippen molar-refractivity contribution >= 4 is 11.6 Å². The largest absolute Gasteiger partial charge is 0.351 e. The van der Waals surface area contributed by atoms with Crippen molar-refractivity contribution in [2.24, 2.45) is 0 Å². The van der Waals surface area contributed by atoms with Crippen molar-refractivity contribution in [3.8, 4) is 0 Å². The monoisotopic (exact) mass is 303 g/mol. The van der Waals surface area contributed by atoms with E-state index in [2.05, 4.69) is 5.32 Å². The summed E-state index contributed by atoms with van der Waals surface area (Å²) < 4.78 is 25.1. The number of halogens is 2. The van der Waals surface area contributed by atoms with Crippen LogP contribution in [0.4, 0.5) is 4.39 Å². The van der Waals surface area contributed by atoms with Gasteiger partial charge in [-0.1, -0.05) is 24.6 Å². The minimum absolute atomic E-state index is 0.101. The maximum absolute atomic E-state index is 13.9. The molecule has 0 saturated carbocycles. The normalized spacial score (nSPS) is 12.9. The Labute approximate surface area is 125 Å². The Kier molecular flexibility index (Phi) is 8.07. The van der Waals surface area contributed by atoms with Crippen molar-refractivity contribution in [3.63, 3.8) is 0 Å². The topological polar surface area (TPSA) is 30.5 Å². The Morgan fingerprint density at radius 2 is 1.85 bits per heavy atom. The highest BCUT2D eigenvalue weighted by Gasteiger charge is 2.23. The third kappa shape index (κ3) is 5.37. The van der Waals surface area contributed by atoms with Crippen molar-refractivity contribution in [1.82, 2.24) is 5.32 Å². The molecule has 1 rings (SSSR count). The van der Waals surface area contributed by atoms with E-state index >= 15 is 0 Å². The van der Waals surface area contributed by atoms with Crippen molar-refractivity contribution in [1.29, 1.82) is 0 Å². The first-order chi connectivity index (χ1) is 9.62. The van der Waals surface area contributed by atoms with Crippen LogP contribution in [-0.2, 0) is 15.9 Å². The molecule has 5 heteroatoms. The van der Waals surface area contributed by atoms with Crippen molar-refractivity contribution in [3.05, 3.63) is 34.6 Å². The summed E-state index contributed by atoms with van der Waals surface area (Å²) in [6.45, 7) is 7.69. The van der Waals surface area contributed by atoms with E-state index in [1.54, 1.807) is 12.1 Å². The predicted molar refractivity (Wildman–Crippen MR) is 79.6 cm³/mol. The zero-order chi connectivity index (χ0) is 15.0. The molecule has 0 bridgehead atoms. The van der Waals surface area contributed by atoms with Crippen LogP contribution in [0.5, 0.6) is 0 Å². The molecule has 0 amide bonds. The molecule has 1 aromatic carbocycles. The van der Waals surface area contributed by atoms with Crippen molar-refractivity contribution in [2.75, 3.05) is 19.8 Å². The van der Waals surface area contributed by atoms with Gasteiger partial charge in [0.25, 0.3) is 0 Å². The van der Waals surface area contributed by atoms with E-state index < -0.39 is 0 Å². The summed E-state index contributed by atoms with van der Waals surface area (Å²) in [5, 5.41) is 3.69. The van der Waals surface area contributed by atoms with E-state index in [0.717, 1.165) is 6.54 Å². The van der Waals surface area contributed by atoms with Crippen LogP contribution >= 0.6 is 11.6 Å². The molecule has 114 valence electrons. The zero-order valence-corrected chi connectivity index (χ0v) is 13.0. The highest BCUT2D eigenvalue weighted by molar-refractivity contribution is 6.30. The Morgan fingerprint density at radius 1 is 1.20 bits per heavy atom. The second kappa shape index (κ2) is 9.29. The molecule has 20 heavy (non-hydrogen) atoms. The standard InChI is InChI=1S/C15H23ClFNO2/c1-4-18-14(15(19-5-2)20-6-3)9-11-7-8-12(16)10-13(11)17/h7-8,10,14-15,18H,4-6,9H2,1-3H3. The number of benzene rings is 1. The molecule has 1 N–H and O–H groups in total. The van der Waals surface area contributed by atoms with Gasteiger partial charge >= 0.3 is 0 Å². The van der Waals surface area contributed by atoms with E-state index in [9.17, 15) is 4.39 Å². The highest BCUT2D eigenvalue weighted by atomic mass is 35.5. The predicted octanol–water partition coefficient (Wildman–Crippen LogP) is 3.40. The van der Waals surface area contributed by atoms with E-state index in [1.165, 1.54) is 6.07 Å². The summed E-state index contributed by atoms with van der Waals surface area (Å²) >= 11 is 5.77. The molecule has 0 aliphatic rings.